The first kappa shape index (κ1) is 17.0. The molecule has 1 aromatic carbocycles. The lowest BCUT2D eigenvalue weighted by atomic mass is 9.95. The zero-order valence-corrected chi connectivity index (χ0v) is 13.9. The van der Waals surface area contributed by atoms with Crippen molar-refractivity contribution < 1.29 is 13.2 Å². The van der Waals surface area contributed by atoms with Gasteiger partial charge in [-0.1, -0.05) is 37.0 Å². The Kier molecular flexibility index (Phi) is 5.58. The molecule has 1 aromatic rings. The first-order valence-corrected chi connectivity index (χ1v) is 9.26. The van der Waals surface area contributed by atoms with E-state index >= 15 is 0 Å². The maximum absolute atomic E-state index is 12.3. The number of carbonyl (C=O) groups is 1. The molecule has 0 aromatic heterocycles. The van der Waals surface area contributed by atoms with Gasteiger partial charge in [0.1, 0.15) is 0 Å². The average molecular weight is 324 g/mol. The van der Waals surface area contributed by atoms with Gasteiger partial charge < -0.3 is 5.32 Å². The topological polar surface area (TPSA) is 75.3 Å². The predicted molar refractivity (Wildman–Crippen MR) is 86.0 cm³/mol. The summed E-state index contributed by atoms with van der Waals surface area (Å²) >= 11 is 0. The summed E-state index contributed by atoms with van der Waals surface area (Å²) in [4.78, 5) is 12.3. The van der Waals surface area contributed by atoms with Gasteiger partial charge in [-0.3, -0.25) is 4.79 Å². The van der Waals surface area contributed by atoms with Gasteiger partial charge in [0.05, 0.1) is 10.9 Å². The van der Waals surface area contributed by atoms with Gasteiger partial charge in [-0.05, 0) is 38.8 Å². The molecule has 122 valence electrons. The molecule has 0 bridgehead atoms. The third-order valence-corrected chi connectivity index (χ3v) is 5.56. The summed E-state index contributed by atoms with van der Waals surface area (Å²) in [5.74, 6) is -0.261. The molecule has 1 aliphatic carbocycles. The lowest BCUT2D eigenvalue weighted by Crippen LogP contribution is -2.48. The number of hydrogen-bond donors (Lipinski definition) is 2. The number of rotatable bonds is 5. The van der Waals surface area contributed by atoms with Gasteiger partial charge in [0.25, 0.3) is 0 Å². The number of hydrogen-bond acceptors (Lipinski definition) is 3. The largest absolute Gasteiger partial charge is 0.352 e. The quantitative estimate of drug-likeness (QED) is 0.871. The molecule has 1 saturated carbocycles. The molecule has 1 amide bonds. The maximum atomic E-state index is 12.3. The van der Waals surface area contributed by atoms with E-state index < -0.39 is 16.1 Å². The van der Waals surface area contributed by atoms with E-state index in [0.29, 0.717) is 0 Å². The highest BCUT2D eigenvalue weighted by Crippen LogP contribution is 2.17. The van der Waals surface area contributed by atoms with E-state index in [-0.39, 0.29) is 16.8 Å². The molecule has 1 aliphatic rings. The van der Waals surface area contributed by atoms with E-state index in [4.69, 9.17) is 0 Å². The highest BCUT2D eigenvalue weighted by atomic mass is 32.2. The molecule has 5 nitrogen and oxygen atoms in total. The van der Waals surface area contributed by atoms with Gasteiger partial charge in [0.2, 0.25) is 15.9 Å². The lowest BCUT2D eigenvalue weighted by molar-refractivity contribution is -0.123. The van der Waals surface area contributed by atoms with Crippen molar-refractivity contribution in [3.05, 3.63) is 29.8 Å². The van der Waals surface area contributed by atoms with E-state index in [2.05, 4.69) is 10.0 Å². The van der Waals surface area contributed by atoms with Gasteiger partial charge in [-0.15, -0.1) is 0 Å². The van der Waals surface area contributed by atoms with E-state index in [1.165, 1.54) is 6.42 Å². The molecule has 2 rings (SSSR count). The van der Waals surface area contributed by atoms with Crippen LogP contribution in [0.3, 0.4) is 0 Å². The van der Waals surface area contributed by atoms with Crippen LogP contribution >= 0.6 is 0 Å². The zero-order chi connectivity index (χ0) is 16.2. The predicted octanol–water partition coefficient (Wildman–Crippen LogP) is 2.11. The second-order valence-electron chi connectivity index (χ2n) is 6.00. The van der Waals surface area contributed by atoms with Crippen LogP contribution in [0.5, 0.6) is 0 Å². The average Bonchev–Trinajstić information content (AvgIpc) is 2.48. The van der Waals surface area contributed by atoms with Crippen molar-refractivity contribution in [3.8, 4) is 0 Å². The molecule has 6 heteroatoms. The van der Waals surface area contributed by atoms with Crippen molar-refractivity contribution >= 4 is 15.9 Å². The van der Waals surface area contributed by atoms with Crippen LogP contribution in [0.15, 0.2) is 29.2 Å². The Balaban J connectivity index is 1.95. The normalized spacial score (nSPS) is 17.9. The minimum atomic E-state index is -3.67. The van der Waals surface area contributed by atoms with Crippen LogP contribution in [0.1, 0.15) is 44.6 Å². The van der Waals surface area contributed by atoms with E-state index in [9.17, 15) is 13.2 Å². The second kappa shape index (κ2) is 7.24. The lowest BCUT2D eigenvalue weighted by Gasteiger charge is -2.24. The van der Waals surface area contributed by atoms with Crippen molar-refractivity contribution in [2.75, 3.05) is 0 Å². The number of amides is 1. The molecule has 0 spiro atoms. The summed E-state index contributed by atoms with van der Waals surface area (Å²) in [6.45, 7) is 3.47. The molecule has 1 unspecified atom stereocenters. The summed E-state index contributed by atoms with van der Waals surface area (Å²) in [7, 11) is -3.67. The molecular weight excluding hydrogens is 300 g/mol. The van der Waals surface area contributed by atoms with Crippen molar-refractivity contribution in [2.45, 2.75) is 62.9 Å². The van der Waals surface area contributed by atoms with Gasteiger partial charge >= 0.3 is 0 Å². The van der Waals surface area contributed by atoms with Crippen LogP contribution in [0.2, 0.25) is 0 Å². The fraction of sp³-hybridized carbons (Fsp3) is 0.562. The van der Waals surface area contributed by atoms with Gasteiger partial charge in [0.15, 0.2) is 0 Å². The van der Waals surface area contributed by atoms with Crippen LogP contribution in [-0.4, -0.2) is 26.4 Å². The molecule has 22 heavy (non-hydrogen) atoms. The Morgan fingerprint density at radius 2 is 1.73 bits per heavy atom. The number of carbonyl (C=O) groups excluding carboxylic acids is 1. The number of benzene rings is 1. The van der Waals surface area contributed by atoms with Crippen LogP contribution in [0.4, 0.5) is 0 Å². The highest BCUT2D eigenvalue weighted by Gasteiger charge is 2.24. The van der Waals surface area contributed by atoms with Crippen LogP contribution < -0.4 is 10.0 Å². The molecule has 1 fully saturated rings. The van der Waals surface area contributed by atoms with Gasteiger partial charge in [-0.25, -0.2) is 8.42 Å². The van der Waals surface area contributed by atoms with E-state index in [1.807, 2.05) is 6.92 Å². The van der Waals surface area contributed by atoms with Crippen molar-refractivity contribution in [1.29, 1.82) is 0 Å². The molecule has 1 atom stereocenters. The second-order valence-corrected chi connectivity index (χ2v) is 7.71. The summed E-state index contributed by atoms with van der Waals surface area (Å²) in [6.07, 6.45) is 5.40. The minimum Gasteiger partial charge on any atom is -0.352 e. The fourth-order valence-electron chi connectivity index (χ4n) is 2.64. The van der Waals surface area contributed by atoms with Crippen molar-refractivity contribution in [2.24, 2.45) is 0 Å². The molecule has 0 aliphatic heterocycles. The first-order valence-electron chi connectivity index (χ1n) is 7.78. The standard InChI is InChI=1S/C16H24N2O3S/c1-12-8-10-15(11-9-12)22(20,21)18-13(2)16(19)17-14-6-4-3-5-7-14/h8-11,13-14,18H,3-7H2,1-2H3,(H,17,19). The van der Waals surface area contributed by atoms with Crippen LogP contribution in [0.25, 0.3) is 0 Å². The van der Waals surface area contributed by atoms with Crippen LogP contribution in [-0.2, 0) is 14.8 Å². The van der Waals surface area contributed by atoms with E-state index in [0.717, 1.165) is 31.2 Å². The maximum Gasteiger partial charge on any atom is 0.241 e. The summed E-state index contributed by atoms with van der Waals surface area (Å²) in [5, 5.41) is 2.94. The number of nitrogens with one attached hydrogen (secondary N) is 2. The highest BCUT2D eigenvalue weighted by molar-refractivity contribution is 7.89. The van der Waals surface area contributed by atoms with Gasteiger partial charge in [0, 0.05) is 6.04 Å². The number of sulfonamides is 1. The Morgan fingerprint density at radius 1 is 1.14 bits per heavy atom. The van der Waals surface area contributed by atoms with Crippen LogP contribution in [0, 0.1) is 6.92 Å². The van der Waals surface area contributed by atoms with Crippen molar-refractivity contribution in [3.63, 3.8) is 0 Å². The minimum absolute atomic E-state index is 0.174. The Bertz CT molecular complexity index is 605. The zero-order valence-electron chi connectivity index (χ0n) is 13.1. The SMILES string of the molecule is Cc1ccc(S(=O)(=O)NC(C)C(=O)NC2CCCCC2)cc1. The summed E-state index contributed by atoms with van der Waals surface area (Å²) in [5.41, 5.74) is 0.988. The molecular formula is C16H24N2O3S. The Morgan fingerprint density at radius 3 is 2.32 bits per heavy atom. The third-order valence-electron chi connectivity index (χ3n) is 4.01. The molecule has 2 N–H and O–H groups in total. The fourth-order valence-corrected chi connectivity index (χ4v) is 3.85. The Labute approximate surface area is 132 Å². The molecule has 0 saturated heterocycles. The monoisotopic (exact) mass is 324 g/mol. The third kappa shape index (κ3) is 4.55. The van der Waals surface area contributed by atoms with Gasteiger partial charge in [-0.2, -0.15) is 4.72 Å². The smallest absolute Gasteiger partial charge is 0.241 e. The summed E-state index contributed by atoms with van der Waals surface area (Å²) < 4.78 is 27.0. The molecule has 0 heterocycles. The Hall–Kier alpha value is -1.40. The van der Waals surface area contributed by atoms with E-state index in [1.54, 1.807) is 31.2 Å². The summed E-state index contributed by atoms with van der Waals surface area (Å²) in [6, 6.07) is 5.95. The molecule has 0 radical (unpaired) electrons. The number of aryl methyl sites for hydroxylation is 1. The van der Waals surface area contributed by atoms with Crippen molar-refractivity contribution in [1.82, 2.24) is 10.0 Å². The first-order chi connectivity index (χ1) is 10.4.